The number of amides is 1. The van der Waals surface area contributed by atoms with Gasteiger partial charge in [0.25, 0.3) is 0 Å². The lowest BCUT2D eigenvalue weighted by Gasteiger charge is -2.30. The molecule has 29 heavy (non-hydrogen) atoms. The molecule has 1 aliphatic rings. The molecule has 0 aliphatic carbocycles. The van der Waals surface area contributed by atoms with Crippen LogP contribution >= 0.6 is 0 Å². The van der Waals surface area contributed by atoms with Gasteiger partial charge in [0.05, 0.1) is 12.6 Å². The fourth-order valence-corrected chi connectivity index (χ4v) is 3.83. The van der Waals surface area contributed by atoms with Gasteiger partial charge < -0.3 is 15.0 Å². The summed E-state index contributed by atoms with van der Waals surface area (Å²) in [5.74, 6) is 1.15. The summed E-state index contributed by atoms with van der Waals surface area (Å²) in [5, 5.41) is 12.2. The molecular weight excluding hydrogens is 370 g/mol. The molecule has 0 spiro atoms. The van der Waals surface area contributed by atoms with Crippen molar-refractivity contribution in [2.45, 2.75) is 18.9 Å². The number of likely N-dealkylation sites (tertiary alicyclic amines) is 1. The van der Waals surface area contributed by atoms with Gasteiger partial charge in [-0.15, -0.1) is 5.10 Å². The molecule has 1 fully saturated rings. The summed E-state index contributed by atoms with van der Waals surface area (Å²) >= 11 is 0. The van der Waals surface area contributed by atoms with Crippen molar-refractivity contribution in [1.29, 1.82) is 0 Å². The highest BCUT2D eigenvalue weighted by Crippen LogP contribution is 2.32. The van der Waals surface area contributed by atoms with Crippen LogP contribution in [0.15, 0.2) is 42.9 Å². The first-order valence-electron chi connectivity index (χ1n) is 9.50. The average molecular weight is 391 g/mol. The highest BCUT2D eigenvalue weighted by Gasteiger charge is 2.24. The Morgan fingerprint density at radius 3 is 2.90 bits per heavy atom. The van der Waals surface area contributed by atoms with Crippen molar-refractivity contribution in [1.82, 2.24) is 29.1 Å². The Hall–Kier alpha value is -3.62. The fraction of sp³-hybridized carbons (Fsp3) is 0.300. The topological polar surface area (TPSA) is 89.1 Å². The zero-order valence-corrected chi connectivity index (χ0v) is 16.2. The van der Waals surface area contributed by atoms with Crippen LogP contribution < -0.4 is 10.1 Å². The van der Waals surface area contributed by atoms with E-state index in [9.17, 15) is 4.79 Å². The van der Waals surface area contributed by atoms with Crippen LogP contribution in [0.1, 0.15) is 12.8 Å². The van der Waals surface area contributed by atoms with Crippen LogP contribution in [0.2, 0.25) is 0 Å². The van der Waals surface area contributed by atoms with E-state index in [2.05, 4.69) is 26.6 Å². The fourth-order valence-electron chi connectivity index (χ4n) is 3.83. The van der Waals surface area contributed by atoms with E-state index in [1.165, 1.54) is 0 Å². The largest absolute Gasteiger partial charge is 0.479 e. The molecule has 0 saturated carbocycles. The smallest absolute Gasteiger partial charge is 0.244 e. The van der Waals surface area contributed by atoms with E-state index in [0.717, 1.165) is 28.6 Å². The first kappa shape index (κ1) is 17.5. The van der Waals surface area contributed by atoms with E-state index in [1.54, 1.807) is 22.7 Å². The van der Waals surface area contributed by atoms with E-state index in [0.29, 0.717) is 24.8 Å². The number of pyridine rings is 1. The third-order valence-electron chi connectivity index (χ3n) is 5.34. The summed E-state index contributed by atoms with van der Waals surface area (Å²) in [6.07, 6.45) is 6.89. The molecule has 1 amide bonds. The van der Waals surface area contributed by atoms with E-state index in [-0.39, 0.29) is 11.9 Å². The molecule has 1 saturated heterocycles. The number of methoxy groups -OCH3 is 1. The van der Waals surface area contributed by atoms with Crippen LogP contribution in [0.4, 0.5) is 5.95 Å². The van der Waals surface area contributed by atoms with Gasteiger partial charge in [-0.1, -0.05) is 0 Å². The highest BCUT2D eigenvalue weighted by molar-refractivity contribution is 5.85. The number of likely N-dealkylation sites (N-methyl/N-ethyl adjacent to an activating group) is 1. The average Bonchev–Trinajstić information content (AvgIpc) is 3.36. The maximum Gasteiger partial charge on any atom is 0.244 e. The molecule has 5 heterocycles. The van der Waals surface area contributed by atoms with Gasteiger partial charge in [0.1, 0.15) is 5.52 Å². The predicted molar refractivity (Wildman–Crippen MR) is 108 cm³/mol. The number of ether oxygens (including phenoxy) is 1. The first-order valence-corrected chi connectivity index (χ1v) is 9.50. The number of carbonyl (C=O) groups is 1. The molecule has 1 atom stereocenters. The third-order valence-corrected chi connectivity index (χ3v) is 5.34. The Bertz CT molecular complexity index is 1210. The van der Waals surface area contributed by atoms with Crippen molar-refractivity contribution in [3.63, 3.8) is 0 Å². The van der Waals surface area contributed by atoms with Crippen LogP contribution in [0.5, 0.6) is 5.88 Å². The van der Waals surface area contributed by atoms with Gasteiger partial charge in [-0.2, -0.15) is 10.1 Å². The molecule has 0 radical (unpaired) electrons. The second kappa shape index (κ2) is 6.77. The zero-order chi connectivity index (χ0) is 20.0. The first-order chi connectivity index (χ1) is 14.1. The Kier molecular flexibility index (Phi) is 4.08. The lowest BCUT2D eigenvalue weighted by Crippen LogP contribution is -2.43. The van der Waals surface area contributed by atoms with E-state index >= 15 is 0 Å². The highest BCUT2D eigenvalue weighted by atomic mass is 16.5. The van der Waals surface area contributed by atoms with Gasteiger partial charge in [0.15, 0.2) is 0 Å². The number of hydrogen-bond donors (Lipinski definition) is 1. The van der Waals surface area contributed by atoms with Crippen molar-refractivity contribution < 1.29 is 9.53 Å². The molecule has 1 N–H and O–H groups in total. The maximum atomic E-state index is 11.7. The third kappa shape index (κ3) is 3.04. The number of aromatic nitrogens is 5. The van der Waals surface area contributed by atoms with Crippen LogP contribution in [0.25, 0.3) is 22.2 Å². The molecule has 9 heteroatoms. The summed E-state index contributed by atoms with van der Waals surface area (Å²) in [5.41, 5.74) is 3.84. The number of carbonyl (C=O) groups excluding carboxylic acids is 1. The quantitative estimate of drug-likeness (QED) is 0.573. The SMILES string of the molecule is COc1nc(N[C@H]2CCC(=O)N(C)C2)nn2ccc(-c3ccn4nccc4c3)c12. The van der Waals surface area contributed by atoms with Gasteiger partial charge in [0, 0.05) is 50.2 Å². The molecule has 5 rings (SSSR count). The Labute approximate surface area is 166 Å². The normalized spacial score (nSPS) is 17.2. The summed E-state index contributed by atoms with van der Waals surface area (Å²) < 4.78 is 9.20. The van der Waals surface area contributed by atoms with Crippen molar-refractivity contribution in [2.24, 2.45) is 0 Å². The molecule has 148 valence electrons. The maximum absolute atomic E-state index is 11.7. The number of fused-ring (bicyclic) bond motifs is 2. The second-order valence-corrected chi connectivity index (χ2v) is 7.24. The summed E-state index contributed by atoms with van der Waals surface area (Å²) in [4.78, 5) is 18.0. The molecule has 1 aliphatic heterocycles. The lowest BCUT2D eigenvalue weighted by molar-refractivity contribution is -0.132. The van der Waals surface area contributed by atoms with Gasteiger partial charge >= 0.3 is 0 Å². The van der Waals surface area contributed by atoms with Crippen molar-refractivity contribution in [2.75, 3.05) is 26.0 Å². The molecule has 9 nitrogen and oxygen atoms in total. The van der Waals surface area contributed by atoms with Gasteiger partial charge in [0.2, 0.25) is 17.7 Å². The van der Waals surface area contributed by atoms with Gasteiger partial charge in [-0.3, -0.25) is 4.79 Å². The lowest BCUT2D eigenvalue weighted by atomic mass is 10.1. The van der Waals surface area contributed by atoms with Gasteiger partial charge in [-0.25, -0.2) is 9.03 Å². The predicted octanol–water partition coefficient (Wildman–Crippen LogP) is 2.09. The summed E-state index contributed by atoms with van der Waals surface area (Å²) in [6, 6.07) is 8.16. The molecular formula is C20H21N7O2. The molecule has 0 aromatic carbocycles. The van der Waals surface area contributed by atoms with E-state index < -0.39 is 0 Å². The van der Waals surface area contributed by atoms with Crippen LogP contribution in [-0.4, -0.2) is 61.8 Å². The molecule has 4 aromatic heterocycles. The summed E-state index contributed by atoms with van der Waals surface area (Å²) in [6.45, 7) is 0.630. The number of anilines is 1. The number of nitrogens with one attached hydrogen (secondary N) is 1. The van der Waals surface area contributed by atoms with Crippen LogP contribution in [-0.2, 0) is 4.79 Å². The van der Waals surface area contributed by atoms with Crippen molar-refractivity contribution in [3.05, 3.63) is 42.9 Å². The van der Waals surface area contributed by atoms with Crippen LogP contribution in [0, 0.1) is 0 Å². The Morgan fingerprint density at radius 2 is 2.07 bits per heavy atom. The molecule has 4 aromatic rings. The van der Waals surface area contributed by atoms with Crippen molar-refractivity contribution in [3.8, 4) is 17.0 Å². The monoisotopic (exact) mass is 391 g/mol. The van der Waals surface area contributed by atoms with Crippen molar-refractivity contribution >= 4 is 22.9 Å². The zero-order valence-electron chi connectivity index (χ0n) is 16.2. The van der Waals surface area contributed by atoms with E-state index in [1.807, 2.05) is 42.2 Å². The number of piperidine rings is 1. The van der Waals surface area contributed by atoms with Crippen LogP contribution in [0.3, 0.4) is 0 Å². The molecule has 0 bridgehead atoms. The molecule has 0 unspecified atom stereocenters. The number of nitrogens with zero attached hydrogens (tertiary/aromatic N) is 6. The number of rotatable bonds is 4. The summed E-state index contributed by atoms with van der Waals surface area (Å²) in [7, 11) is 3.42. The minimum absolute atomic E-state index is 0.110. The minimum atomic E-state index is 0.110. The number of hydrogen-bond acceptors (Lipinski definition) is 6. The Balaban J connectivity index is 1.51. The second-order valence-electron chi connectivity index (χ2n) is 7.24. The Morgan fingerprint density at radius 1 is 1.21 bits per heavy atom. The van der Waals surface area contributed by atoms with E-state index in [4.69, 9.17) is 4.74 Å². The van der Waals surface area contributed by atoms with Gasteiger partial charge in [-0.05, 0) is 36.2 Å². The minimum Gasteiger partial charge on any atom is -0.479 e. The standard InChI is InChI=1S/C20H21N7O2/c1-25-12-14(3-4-17(25)28)22-20-23-19(29-2)18-16(7-10-27(18)24-20)13-6-9-26-15(11-13)5-8-21-26/h5-11,14H,3-4,12H2,1-2H3,(H,22,24)/t14-/m0/s1.